The molecule has 0 aliphatic carbocycles. The van der Waals surface area contributed by atoms with Gasteiger partial charge >= 0.3 is 0 Å². The number of piperidine rings is 1. The maximum absolute atomic E-state index is 11.8. The van der Waals surface area contributed by atoms with E-state index < -0.39 is 0 Å². The third-order valence-electron chi connectivity index (χ3n) is 2.86. The molecule has 1 aliphatic heterocycles. The molecule has 2 heterocycles. The van der Waals surface area contributed by atoms with Crippen LogP contribution in [-0.2, 0) is 11.8 Å². The third-order valence-corrected chi connectivity index (χ3v) is 2.86. The fraction of sp³-hybridized carbons (Fsp3) is 0.636. The second kappa shape index (κ2) is 5.01. The van der Waals surface area contributed by atoms with Crippen LogP contribution in [0.5, 0.6) is 0 Å². The van der Waals surface area contributed by atoms with Crippen molar-refractivity contribution in [1.82, 2.24) is 14.7 Å². The minimum atomic E-state index is 0.184. The smallest absolute Gasteiger partial charge is 0.241 e. The molecule has 1 saturated heterocycles. The Bertz CT molecular complexity index is 355. The van der Waals surface area contributed by atoms with Crippen LogP contribution in [0.25, 0.3) is 0 Å². The normalized spacial score (nSPS) is 16.2. The van der Waals surface area contributed by atoms with E-state index in [1.54, 1.807) is 10.9 Å². The van der Waals surface area contributed by atoms with Crippen LogP contribution in [0.15, 0.2) is 12.4 Å². The van der Waals surface area contributed by atoms with Crippen molar-refractivity contribution in [2.45, 2.75) is 19.3 Å². The first kappa shape index (κ1) is 11.0. The molecule has 2 rings (SSSR count). The molecule has 1 aliphatic rings. The summed E-state index contributed by atoms with van der Waals surface area (Å²) in [7, 11) is 1.86. The predicted octanol–water partition coefficient (Wildman–Crippen LogP) is 0.844. The quantitative estimate of drug-likeness (QED) is 0.824. The minimum Gasteiger partial charge on any atom is -0.374 e. The molecule has 0 bridgehead atoms. The van der Waals surface area contributed by atoms with E-state index in [0.29, 0.717) is 6.54 Å². The standard InChI is InChI=1S/C11H18N4O/c1-14-9-10(7-13-14)12-8-11(16)15-5-3-2-4-6-15/h7,9,12H,2-6,8H2,1H3. The van der Waals surface area contributed by atoms with Crippen LogP contribution >= 0.6 is 0 Å². The number of amides is 1. The lowest BCUT2D eigenvalue weighted by Gasteiger charge is -2.26. The number of hydrogen-bond acceptors (Lipinski definition) is 3. The van der Waals surface area contributed by atoms with Crippen molar-refractivity contribution < 1.29 is 4.79 Å². The van der Waals surface area contributed by atoms with Gasteiger partial charge < -0.3 is 10.2 Å². The summed E-state index contributed by atoms with van der Waals surface area (Å²) in [6, 6.07) is 0. The molecule has 0 radical (unpaired) electrons. The second-order valence-electron chi connectivity index (χ2n) is 4.20. The summed E-state index contributed by atoms with van der Waals surface area (Å²) in [4.78, 5) is 13.8. The molecule has 1 aromatic rings. The van der Waals surface area contributed by atoms with Crippen LogP contribution in [-0.4, -0.2) is 40.2 Å². The van der Waals surface area contributed by atoms with E-state index in [1.807, 2.05) is 18.1 Å². The lowest BCUT2D eigenvalue weighted by atomic mass is 10.1. The number of rotatable bonds is 3. The molecule has 0 spiro atoms. The van der Waals surface area contributed by atoms with Gasteiger partial charge in [-0.3, -0.25) is 9.48 Å². The van der Waals surface area contributed by atoms with Crippen molar-refractivity contribution in [2.24, 2.45) is 7.05 Å². The summed E-state index contributed by atoms with van der Waals surface area (Å²) in [6.45, 7) is 2.19. The average Bonchev–Trinajstić information content (AvgIpc) is 2.73. The van der Waals surface area contributed by atoms with Crippen LogP contribution < -0.4 is 5.32 Å². The Morgan fingerprint density at radius 2 is 2.19 bits per heavy atom. The minimum absolute atomic E-state index is 0.184. The lowest BCUT2D eigenvalue weighted by Crippen LogP contribution is -2.39. The molecule has 16 heavy (non-hydrogen) atoms. The van der Waals surface area contributed by atoms with Gasteiger partial charge in [-0.15, -0.1) is 0 Å². The van der Waals surface area contributed by atoms with Gasteiger partial charge in [0.1, 0.15) is 0 Å². The van der Waals surface area contributed by atoms with Gasteiger partial charge in [-0.25, -0.2) is 0 Å². The Balaban J connectivity index is 1.78. The molecular weight excluding hydrogens is 204 g/mol. The van der Waals surface area contributed by atoms with Crippen LogP contribution in [0, 0.1) is 0 Å². The highest BCUT2D eigenvalue weighted by atomic mass is 16.2. The zero-order chi connectivity index (χ0) is 11.4. The van der Waals surface area contributed by atoms with Gasteiger partial charge in [0.05, 0.1) is 18.4 Å². The number of likely N-dealkylation sites (tertiary alicyclic amines) is 1. The molecule has 0 aromatic carbocycles. The molecule has 88 valence electrons. The topological polar surface area (TPSA) is 50.2 Å². The van der Waals surface area contributed by atoms with Gasteiger partial charge in [-0.05, 0) is 19.3 Å². The van der Waals surface area contributed by atoms with Crippen LogP contribution in [0.4, 0.5) is 5.69 Å². The monoisotopic (exact) mass is 222 g/mol. The highest BCUT2D eigenvalue weighted by Crippen LogP contribution is 2.09. The summed E-state index contributed by atoms with van der Waals surface area (Å²) in [5.74, 6) is 0.184. The van der Waals surface area contributed by atoms with Crippen molar-refractivity contribution in [3.63, 3.8) is 0 Å². The SMILES string of the molecule is Cn1cc(NCC(=O)N2CCCCC2)cn1. The van der Waals surface area contributed by atoms with Gasteiger partial charge in [0.25, 0.3) is 0 Å². The number of carbonyl (C=O) groups excluding carboxylic acids is 1. The highest BCUT2D eigenvalue weighted by molar-refractivity contribution is 5.80. The summed E-state index contributed by atoms with van der Waals surface area (Å²) in [6.07, 6.45) is 7.12. The first-order valence-electron chi connectivity index (χ1n) is 5.76. The lowest BCUT2D eigenvalue weighted by molar-refractivity contribution is -0.130. The molecule has 0 saturated carbocycles. The van der Waals surface area contributed by atoms with Crippen molar-refractivity contribution in [1.29, 1.82) is 0 Å². The van der Waals surface area contributed by atoms with E-state index >= 15 is 0 Å². The fourth-order valence-electron chi connectivity index (χ4n) is 1.95. The Morgan fingerprint density at radius 1 is 1.44 bits per heavy atom. The maximum atomic E-state index is 11.8. The van der Waals surface area contributed by atoms with E-state index in [0.717, 1.165) is 31.6 Å². The molecule has 0 atom stereocenters. The highest BCUT2D eigenvalue weighted by Gasteiger charge is 2.15. The first-order chi connectivity index (χ1) is 7.75. The number of nitrogens with zero attached hydrogens (tertiary/aromatic N) is 3. The Kier molecular flexibility index (Phi) is 3.44. The average molecular weight is 222 g/mol. The van der Waals surface area contributed by atoms with E-state index in [1.165, 1.54) is 6.42 Å². The third kappa shape index (κ3) is 2.74. The van der Waals surface area contributed by atoms with E-state index in [9.17, 15) is 4.79 Å². The van der Waals surface area contributed by atoms with E-state index in [2.05, 4.69) is 10.4 Å². The van der Waals surface area contributed by atoms with Gasteiger partial charge in [-0.1, -0.05) is 0 Å². The fourth-order valence-corrected chi connectivity index (χ4v) is 1.95. The van der Waals surface area contributed by atoms with Crippen LogP contribution in [0.3, 0.4) is 0 Å². The van der Waals surface area contributed by atoms with Crippen molar-refractivity contribution in [3.8, 4) is 0 Å². The van der Waals surface area contributed by atoms with Gasteiger partial charge in [0, 0.05) is 26.3 Å². The molecule has 1 aromatic heterocycles. The van der Waals surface area contributed by atoms with Gasteiger partial charge in [0.2, 0.25) is 5.91 Å². The number of carbonyl (C=O) groups is 1. The number of anilines is 1. The second-order valence-corrected chi connectivity index (χ2v) is 4.20. The summed E-state index contributed by atoms with van der Waals surface area (Å²) >= 11 is 0. The van der Waals surface area contributed by atoms with E-state index in [-0.39, 0.29) is 5.91 Å². The zero-order valence-corrected chi connectivity index (χ0v) is 9.65. The maximum Gasteiger partial charge on any atom is 0.241 e. The van der Waals surface area contributed by atoms with Crippen molar-refractivity contribution in [2.75, 3.05) is 25.0 Å². The van der Waals surface area contributed by atoms with Crippen molar-refractivity contribution >= 4 is 11.6 Å². The molecule has 0 unspecified atom stereocenters. The molecule has 5 nitrogen and oxygen atoms in total. The molecule has 1 N–H and O–H groups in total. The van der Waals surface area contributed by atoms with E-state index in [4.69, 9.17) is 0 Å². The summed E-state index contributed by atoms with van der Waals surface area (Å²) < 4.78 is 1.72. The van der Waals surface area contributed by atoms with Gasteiger partial charge in [-0.2, -0.15) is 5.10 Å². The summed E-state index contributed by atoms with van der Waals surface area (Å²) in [5, 5.41) is 7.12. The number of aromatic nitrogens is 2. The number of nitrogens with one attached hydrogen (secondary N) is 1. The Hall–Kier alpha value is -1.52. The number of hydrogen-bond donors (Lipinski definition) is 1. The Morgan fingerprint density at radius 3 is 2.81 bits per heavy atom. The van der Waals surface area contributed by atoms with Gasteiger partial charge in [0.15, 0.2) is 0 Å². The first-order valence-corrected chi connectivity index (χ1v) is 5.76. The van der Waals surface area contributed by atoms with Crippen molar-refractivity contribution in [3.05, 3.63) is 12.4 Å². The zero-order valence-electron chi connectivity index (χ0n) is 9.65. The van der Waals surface area contributed by atoms with Crippen LogP contribution in [0.1, 0.15) is 19.3 Å². The number of aryl methyl sites for hydroxylation is 1. The predicted molar refractivity (Wildman–Crippen MR) is 62.1 cm³/mol. The molecule has 1 fully saturated rings. The molecular formula is C11H18N4O. The molecule has 1 amide bonds. The Labute approximate surface area is 95.4 Å². The summed E-state index contributed by atoms with van der Waals surface area (Å²) in [5.41, 5.74) is 0.896. The largest absolute Gasteiger partial charge is 0.374 e. The molecule has 5 heteroatoms. The van der Waals surface area contributed by atoms with Crippen LogP contribution in [0.2, 0.25) is 0 Å².